The van der Waals surface area contributed by atoms with E-state index in [9.17, 15) is 0 Å². The zero-order chi connectivity index (χ0) is 23.8. The van der Waals surface area contributed by atoms with Gasteiger partial charge in [0.1, 0.15) is 6.17 Å². The molecule has 0 amide bonds. The summed E-state index contributed by atoms with van der Waals surface area (Å²) in [6.07, 6.45) is 38.3. The molecule has 1 atom stereocenters. The van der Waals surface area contributed by atoms with Crippen LogP contribution in [0.15, 0.2) is 12.4 Å². The van der Waals surface area contributed by atoms with Crippen LogP contribution in [0.5, 0.6) is 0 Å². The fraction of sp³-hybridized carbons (Fsp3) is 0.935. The maximum Gasteiger partial charge on any atom is 0.101 e. The number of hydrogen-bond acceptors (Lipinski definition) is 2. The van der Waals surface area contributed by atoms with E-state index in [1.165, 1.54) is 154 Å². The van der Waals surface area contributed by atoms with E-state index in [0.717, 1.165) is 6.54 Å². The fourth-order valence-electron chi connectivity index (χ4n) is 5.38. The van der Waals surface area contributed by atoms with E-state index in [1.807, 2.05) is 0 Å². The minimum absolute atomic E-state index is 0.636. The molecule has 33 heavy (non-hydrogen) atoms. The topological polar surface area (TPSA) is 6.48 Å². The van der Waals surface area contributed by atoms with Crippen LogP contribution in [0.4, 0.5) is 0 Å². The lowest BCUT2D eigenvalue weighted by Crippen LogP contribution is -2.38. The van der Waals surface area contributed by atoms with E-state index in [4.69, 9.17) is 0 Å². The van der Waals surface area contributed by atoms with Gasteiger partial charge in [-0.15, -0.1) is 0 Å². The minimum atomic E-state index is 0.636. The van der Waals surface area contributed by atoms with Crippen molar-refractivity contribution in [1.82, 2.24) is 9.80 Å². The third-order valence-corrected chi connectivity index (χ3v) is 7.67. The average molecular weight is 463 g/mol. The summed E-state index contributed by atoms with van der Waals surface area (Å²) in [6, 6.07) is 0. The Labute approximate surface area is 210 Å². The zero-order valence-corrected chi connectivity index (χ0v) is 23.3. The van der Waals surface area contributed by atoms with Gasteiger partial charge in [0.05, 0.1) is 0 Å². The first kappa shape index (κ1) is 30.4. The molecular weight excluding hydrogens is 400 g/mol. The first-order valence-corrected chi connectivity index (χ1v) is 15.5. The molecule has 0 aromatic rings. The minimum Gasteiger partial charge on any atom is -0.356 e. The van der Waals surface area contributed by atoms with Gasteiger partial charge in [-0.2, -0.15) is 0 Å². The van der Waals surface area contributed by atoms with Crippen LogP contribution in [-0.2, 0) is 0 Å². The Bertz CT molecular complexity index is 419. The molecule has 2 heteroatoms. The van der Waals surface area contributed by atoms with Crippen LogP contribution in [0, 0.1) is 0 Å². The maximum atomic E-state index is 2.64. The van der Waals surface area contributed by atoms with Crippen molar-refractivity contribution in [3.05, 3.63) is 12.4 Å². The molecule has 0 radical (unpaired) electrons. The van der Waals surface area contributed by atoms with Crippen molar-refractivity contribution in [1.29, 1.82) is 0 Å². The monoisotopic (exact) mass is 462 g/mol. The predicted octanol–water partition coefficient (Wildman–Crippen LogP) is 10.4. The van der Waals surface area contributed by atoms with Crippen LogP contribution in [0.3, 0.4) is 0 Å². The summed E-state index contributed by atoms with van der Waals surface area (Å²) in [5.74, 6) is 0. The summed E-state index contributed by atoms with van der Waals surface area (Å²) in [7, 11) is 0. The Hall–Kier alpha value is -0.660. The highest BCUT2D eigenvalue weighted by molar-refractivity contribution is 4.96. The normalized spacial score (nSPS) is 15.8. The SMILES string of the molecule is CCCCCCCCCCCCCCCCC1N(CC)C=CN1CCCCCCCCCC. The van der Waals surface area contributed by atoms with Gasteiger partial charge < -0.3 is 9.80 Å². The first-order valence-electron chi connectivity index (χ1n) is 15.5. The van der Waals surface area contributed by atoms with Gasteiger partial charge in [0.25, 0.3) is 0 Å². The highest BCUT2D eigenvalue weighted by atomic mass is 15.4. The summed E-state index contributed by atoms with van der Waals surface area (Å²) in [5, 5.41) is 0. The molecular formula is C31H62N2. The number of unbranched alkanes of at least 4 members (excludes halogenated alkanes) is 20. The maximum absolute atomic E-state index is 2.64. The molecule has 0 spiro atoms. The van der Waals surface area contributed by atoms with E-state index in [0.29, 0.717) is 6.17 Å². The molecule has 1 unspecified atom stereocenters. The number of hydrogen-bond donors (Lipinski definition) is 0. The van der Waals surface area contributed by atoms with Crippen molar-refractivity contribution < 1.29 is 0 Å². The summed E-state index contributed by atoms with van der Waals surface area (Å²) < 4.78 is 0. The summed E-state index contributed by atoms with van der Waals surface area (Å²) in [5.41, 5.74) is 0. The molecule has 1 aliphatic rings. The predicted molar refractivity (Wildman–Crippen MR) is 150 cm³/mol. The smallest absolute Gasteiger partial charge is 0.101 e. The lowest BCUT2D eigenvalue weighted by molar-refractivity contribution is 0.142. The van der Waals surface area contributed by atoms with Crippen molar-refractivity contribution >= 4 is 0 Å². The third kappa shape index (κ3) is 16.6. The standard InChI is InChI=1S/C31H62N2/c1-4-7-9-11-13-15-16-17-18-19-20-21-23-25-27-31-32(6-3)29-30-33(31)28-26-24-22-14-12-10-8-5-2/h29-31H,4-28H2,1-3H3. The van der Waals surface area contributed by atoms with Gasteiger partial charge in [0.2, 0.25) is 0 Å². The van der Waals surface area contributed by atoms with E-state index in [-0.39, 0.29) is 0 Å². The Morgan fingerprint density at radius 1 is 0.424 bits per heavy atom. The average Bonchev–Trinajstić information content (AvgIpc) is 3.22. The lowest BCUT2D eigenvalue weighted by atomic mass is 10.0. The van der Waals surface area contributed by atoms with Crippen LogP contribution < -0.4 is 0 Å². The molecule has 1 heterocycles. The van der Waals surface area contributed by atoms with E-state index < -0.39 is 0 Å². The molecule has 0 fully saturated rings. The Balaban J connectivity index is 1.97. The molecule has 0 aromatic heterocycles. The number of nitrogens with zero attached hydrogens (tertiary/aromatic N) is 2. The van der Waals surface area contributed by atoms with Crippen LogP contribution in [0.1, 0.15) is 168 Å². The van der Waals surface area contributed by atoms with Gasteiger partial charge in [-0.05, 0) is 26.2 Å². The molecule has 2 nitrogen and oxygen atoms in total. The Morgan fingerprint density at radius 3 is 1.21 bits per heavy atom. The van der Waals surface area contributed by atoms with E-state index in [1.54, 1.807) is 0 Å². The Morgan fingerprint density at radius 2 is 0.788 bits per heavy atom. The first-order chi connectivity index (χ1) is 16.3. The molecule has 0 aliphatic carbocycles. The van der Waals surface area contributed by atoms with Crippen molar-refractivity contribution in [2.24, 2.45) is 0 Å². The molecule has 0 bridgehead atoms. The summed E-state index contributed by atoms with van der Waals surface area (Å²) >= 11 is 0. The van der Waals surface area contributed by atoms with Crippen molar-refractivity contribution in [3.8, 4) is 0 Å². The largest absolute Gasteiger partial charge is 0.356 e. The molecule has 196 valence electrons. The van der Waals surface area contributed by atoms with Crippen LogP contribution in [0.25, 0.3) is 0 Å². The van der Waals surface area contributed by atoms with Crippen molar-refractivity contribution in [2.75, 3.05) is 13.1 Å². The van der Waals surface area contributed by atoms with Crippen LogP contribution >= 0.6 is 0 Å². The van der Waals surface area contributed by atoms with Gasteiger partial charge in [0, 0.05) is 25.5 Å². The molecule has 1 rings (SSSR count). The van der Waals surface area contributed by atoms with Crippen LogP contribution in [-0.4, -0.2) is 29.1 Å². The van der Waals surface area contributed by atoms with Crippen molar-refractivity contribution in [3.63, 3.8) is 0 Å². The molecule has 0 N–H and O–H groups in total. The van der Waals surface area contributed by atoms with Gasteiger partial charge in [-0.25, -0.2) is 0 Å². The second kappa shape index (κ2) is 23.1. The molecule has 0 saturated carbocycles. The van der Waals surface area contributed by atoms with Gasteiger partial charge >= 0.3 is 0 Å². The highest BCUT2D eigenvalue weighted by Gasteiger charge is 2.23. The fourth-order valence-corrected chi connectivity index (χ4v) is 5.38. The summed E-state index contributed by atoms with van der Waals surface area (Å²) in [6.45, 7) is 9.32. The summed E-state index contributed by atoms with van der Waals surface area (Å²) in [4.78, 5) is 5.20. The van der Waals surface area contributed by atoms with Gasteiger partial charge in [-0.3, -0.25) is 0 Å². The third-order valence-electron chi connectivity index (χ3n) is 7.67. The Kier molecular flexibility index (Phi) is 21.3. The molecule has 1 aliphatic heterocycles. The lowest BCUT2D eigenvalue weighted by Gasteiger charge is -2.32. The molecule has 0 aromatic carbocycles. The van der Waals surface area contributed by atoms with E-state index in [2.05, 4.69) is 43.0 Å². The quantitative estimate of drug-likeness (QED) is 0.124. The van der Waals surface area contributed by atoms with Crippen LogP contribution in [0.2, 0.25) is 0 Å². The van der Waals surface area contributed by atoms with Gasteiger partial charge in [-0.1, -0.05) is 142 Å². The van der Waals surface area contributed by atoms with Gasteiger partial charge in [0.15, 0.2) is 0 Å². The molecule has 0 saturated heterocycles. The van der Waals surface area contributed by atoms with E-state index >= 15 is 0 Å². The zero-order valence-electron chi connectivity index (χ0n) is 23.3. The highest BCUT2D eigenvalue weighted by Crippen LogP contribution is 2.23. The second-order valence-electron chi connectivity index (χ2n) is 10.7. The second-order valence-corrected chi connectivity index (χ2v) is 10.7. The number of rotatable bonds is 25. The van der Waals surface area contributed by atoms with Crippen molar-refractivity contribution in [2.45, 2.75) is 175 Å².